The van der Waals surface area contributed by atoms with Crippen LogP contribution in [0, 0.1) is 18.3 Å². The lowest BCUT2D eigenvalue weighted by Gasteiger charge is -2.12. The van der Waals surface area contributed by atoms with Gasteiger partial charge in [0.1, 0.15) is 16.5 Å². The van der Waals surface area contributed by atoms with E-state index < -0.39 is 16.0 Å². The fraction of sp³-hybridized carbons (Fsp3) is 0.0833. The number of amides is 1. The average molecular weight is 517 g/mol. The minimum absolute atomic E-state index is 0.0309. The smallest absolute Gasteiger partial charge is 0.339 e. The normalized spacial score (nSPS) is 11.4. The Morgan fingerprint density at radius 1 is 1.03 bits per heavy atom. The molecule has 3 rings (SSSR count). The van der Waals surface area contributed by atoms with Gasteiger partial charge in [0, 0.05) is 5.02 Å². The fourth-order valence-electron chi connectivity index (χ4n) is 2.82. The predicted octanol–water partition coefficient (Wildman–Crippen LogP) is 5.62. The highest BCUT2D eigenvalue weighted by atomic mass is 35.5. The van der Waals surface area contributed by atoms with Gasteiger partial charge < -0.3 is 14.2 Å². The Hall–Kier alpha value is -3.51. The summed E-state index contributed by atoms with van der Waals surface area (Å²) in [5.74, 6) is -0.675. The Kier molecular flexibility index (Phi) is 7.84. The van der Waals surface area contributed by atoms with Gasteiger partial charge in [0.15, 0.2) is 11.5 Å². The fourth-order valence-corrected chi connectivity index (χ4v) is 4.09. The third-order valence-corrected chi connectivity index (χ3v) is 6.36. The molecule has 0 bridgehead atoms. The first-order valence-corrected chi connectivity index (χ1v) is 11.9. The number of nitrogens with zero attached hydrogens (tertiary/aromatic N) is 1. The second-order valence-corrected chi connectivity index (χ2v) is 9.40. The monoisotopic (exact) mass is 516 g/mol. The standard InChI is InChI=1S/C24H18Cl2N2O5S/c1-15-3-7-19(8-4-15)34(30,31)33-23-12-16(5-10-22(23)32-2)11-17(14-27)24(29)28-21-13-18(25)6-9-20(21)26/h3-13H,1-2H3,(H,28,29)/b17-11+. The quantitative estimate of drug-likeness (QED) is 0.248. The Bertz CT molecular complexity index is 1410. The first-order valence-electron chi connectivity index (χ1n) is 9.70. The van der Waals surface area contributed by atoms with Gasteiger partial charge in [0.25, 0.3) is 5.91 Å². The minimum atomic E-state index is -4.15. The number of carbonyl (C=O) groups excluding carboxylic acids is 1. The lowest BCUT2D eigenvalue weighted by atomic mass is 10.1. The van der Waals surface area contributed by atoms with E-state index in [-0.39, 0.29) is 32.7 Å². The molecule has 0 saturated heterocycles. The minimum Gasteiger partial charge on any atom is -0.493 e. The number of benzene rings is 3. The summed E-state index contributed by atoms with van der Waals surface area (Å²) in [6.07, 6.45) is 1.28. The summed E-state index contributed by atoms with van der Waals surface area (Å²) in [6, 6.07) is 16.9. The maximum atomic E-state index is 12.7. The van der Waals surface area contributed by atoms with Crippen molar-refractivity contribution in [2.75, 3.05) is 12.4 Å². The molecule has 0 radical (unpaired) electrons. The molecule has 1 N–H and O–H groups in total. The molecule has 0 aliphatic heterocycles. The van der Waals surface area contributed by atoms with Gasteiger partial charge in [-0.3, -0.25) is 4.79 Å². The van der Waals surface area contributed by atoms with Gasteiger partial charge in [-0.25, -0.2) is 0 Å². The molecule has 0 aliphatic rings. The van der Waals surface area contributed by atoms with Crippen LogP contribution in [0.3, 0.4) is 0 Å². The van der Waals surface area contributed by atoms with Crippen molar-refractivity contribution in [3.8, 4) is 17.6 Å². The molecule has 0 heterocycles. The van der Waals surface area contributed by atoms with Crippen LogP contribution in [0.4, 0.5) is 5.69 Å². The highest BCUT2D eigenvalue weighted by molar-refractivity contribution is 7.87. The SMILES string of the molecule is COc1ccc(/C=C(\C#N)C(=O)Nc2cc(Cl)ccc2Cl)cc1OS(=O)(=O)c1ccc(C)cc1. The molecule has 3 aromatic carbocycles. The van der Waals surface area contributed by atoms with Gasteiger partial charge in [-0.1, -0.05) is 47.0 Å². The zero-order chi connectivity index (χ0) is 24.9. The first-order chi connectivity index (χ1) is 16.1. The van der Waals surface area contributed by atoms with Crippen LogP contribution in [-0.4, -0.2) is 21.4 Å². The highest BCUT2D eigenvalue weighted by Crippen LogP contribution is 2.32. The predicted molar refractivity (Wildman–Crippen MR) is 131 cm³/mol. The lowest BCUT2D eigenvalue weighted by molar-refractivity contribution is -0.112. The summed E-state index contributed by atoms with van der Waals surface area (Å²) >= 11 is 12.0. The number of halogens is 2. The zero-order valence-corrected chi connectivity index (χ0v) is 20.3. The molecule has 0 fully saturated rings. The Labute approximate surface area is 207 Å². The summed E-state index contributed by atoms with van der Waals surface area (Å²) in [7, 11) is -2.79. The molecule has 7 nitrogen and oxygen atoms in total. The summed E-state index contributed by atoms with van der Waals surface area (Å²) < 4.78 is 35.9. The van der Waals surface area contributed by atoms with Gasteiger partial charge in [-0.15, -0.1) is 0 Å². The third-order valence-electron chi connectivity index (χ3n) is 4.55. The van der Waals surface area contributed by atoms with E-state index in [9.17, 15) is 18.5 Å². The van der Waals surface area contributed by atoms with E-state index in [1.165, 1.54) is 49.6 Å². The summed E-state index contributed by atoms with van der Waals surface area (Å²) in [4.78, 5) is 12.6. The number of aryl methyl sites for hydroxylation is 1. The number of anilines is 1. The van der Waals surface area contributed by atoms with Crippen LogP contribution in [-0.2, 0) is 14.9 Å². The number of hydrogen-bond acceptors (Lipinski definition) is 6. The summed E-state index contributed by atoms with van der Waals surface area (Å²) in [6.45, 7) is 1.83. The van der Waals surface area contributed by atoms with Crippen molar-refractivity contribution in [1.82, 2.24) is 0 Å². The average Bonchev–Trinajstić information content (AvgIpc) is 2.80. The van der Waals surface area contributed by atoms with Crippen LogP contribution >= 0.6 is 23.2 Å². The molecule has 10 heteroatoms. The number of ether oxygens (including phenoxy) is 1. The molecule has 0 saturated carbocycles. The van der Waals surface area contributed by atoms with Gasteiger partial charge in [-0.2, -0.15) is 13.7 Å². The number of rotatable bonds is 7. The first kappa shape index (κ1) is 25.1. The van der Waals surface area contributed by atoms with Gasteiger partial charge >= 0.3 is 10.1 Å². The van der Waals surface area contributed by atoms with E-state index in [0.717, 1.165) is 5.56 Å². The van der Waals surface area contributed by atoms with Crippen molar-refractivity contribution in [2.24, 2.45) is 0 Å². The number of nitrogens with one attached hydrogen (secondary N) is 1. The second kappa shape index (κ2) is 10.6. The Balaban J connectivity index is 1.91. The second-order valence-electron chi connectivity index (χ2n) is 7.01. The maximum absolute atomic E-state index is 12.7. The van der Waals surface area contributed by atoms with E-state index in [0.29, 0.717) is 10.6 Å². The third kappa shape index (κ3) is 6.08. The topological polar surface area (TPSA) is 105 Å². The van der Waals surface area contributed by atoms with E-state index in [1.807, 2.05) is 13.0 Å². The van der Waals surface area contributed by atoms with Crippen LogP contribution in [0.5, 0.6) is 11.5 Å². The summed E-state index contributed by atoms with van der Waals surface area (Å²) in [5.41, 5.74) is 1.21. The van der Waals surface area contributed by atoms with Crippen molar-refractivity contribution in [2.45, 2.75) is 11.8 Å². The number of methoxy groups -OCH3 is 1. The van der Waals surface area contributed by atoms with Gasteiger partial charge in [-0.05, 0) is 61.0 Å². The molecule has 3 aromatic rings. The van der Waals surface area contributed by atoms with Crippen LogP contribution < -0.4 is 14.2 Å². The number of carbonyl (C=O) groups is 1. The van der Waals surface area contributed by atoms with Crippen LogP contribution in [0.1, 0.15) is 11.1 Å². The lowest BCUT2D eigenvalue weighted by Crippen LogP contribution is -2.14. The van der Waals surface area contributed by atoms with Crippen molar-refractivity contribution < 1.29 is 22.1 Å². The van der Waals surface area contributed by atoms with Gasteiger partial charge in [0.2, 0.25) is 0 Å². The van der Waals surface area contributed by atoms with Crippen molar-refractivity contribution >= 4 is 51.0 Å². The van der Waals surface area contributed by atoms with Crippen molar-refractivity contribution in [3.63, 3.8) is 0 Å². The molecular formula is C24H18Cl2N2O5S. The van der Waals surface area contributed by atoms with Crippen molar-refractivity contribution in [3.05, 3.63) is 87.4 Å². The van der Waals surface area contributed by atoms with E-state index >= 15 is 0 Å². The van der Waals surface area contributed by atoms with Gasteiger partial charge in [0.05, 0.1) is 17.8 Å². The van der Waals surface area contributed by atoms with Crippen LogP contribution in [0.2, 0.25) is 10.0 Å². The molecule has 0 unspecified atom stereocenters. The van der Waals surface area contributed by atoms with Crippen LogP contribution in [0.15, 0.2) is 71.1 Å². The zero-order valence-electron chi connectivity index (χ0n) is 18.0. The van der Waals surface area contributed by atoms with E-state index in [4.69, 9.17) is 32.1 Å². The van der Waals surface area contributed by atoms with Crippen LogP contribution in [0.25, 0.3) is 6.08 Å². The molecule has 34 heavy (non-hydrogen) atoms. The Morgan fingerprint density at radius 2 is 1.74 bits per heavy atom. The summed E-state index contributed by atoms with van der Waals surface area (Å²) in [5, 5.41) is 12.6. The molecule has 0 spiro atoms. The molecule has 0 atom stereocenters. The number of nitriles is 1. The van der Waals surface area contributed by atoms with Crippen molar-refractivity contribution in [1.29, 1.82) is 5.26 Å². The molecular weight excluding hydrogens is 499 g/mol. The Morgan fingerprint density at radius 3 is 2.38 bits per heavy atom. The molecule has 174 valence electrons. The van der Waals surface area contributed by atoms with E-state index in [1.54, 1.807) is 24.3 Å². The van der Waals surface area contributed by atoms with E-state index in [2.05, 4.69) is 5.32 Å². The highest BCUT2D eigenvalue weighted by Gasteiger charge is 2.20. The molecule has 1 amide bonds. The maximum Gasteiger partial charge on any atom is 0.339 e. The largest absolute Gasteiger partial charge is 0.493 e. The molecule has 0 aliphatic carbocycles. The number of hydrogen-bond donors (Lipinski definition) is 1. The molecule has 0 aromatic heterocycles.